The maximum absolute atomic E-state index is 12.2. The molecular weight excluding hydrogens is 294 g/mol. The molecule has 0 aromatic carbocycles. The summed E-state index contributed by atoms with van der Waals surface area (Å²) in [6.07, 6.45) is 1.65. The number of carbonyl (C=O) groups is 1. The average molecular weight is 312 g/mol. The lowest BCUT2D eigenvalue weighted by Gasteiger charge is -2.31. The minimum absolute atomic E-state index is 0. The molecule has 1 unspecified atom stereocenters. The lowest BCUT2D eigenvalue weighted by Crippen LogP contribution is -2.52. The minimum Gasteiger partial charge on any atom is -0.338 e. The largest absolute Gasteiger partial charge is 0.350 e. The molecule has 3 heterocycles. The first-order valence-corrected chi connectivity index (χ1v) is 6.70. The Labute approximate surface area is 128 Å². The van der Waals surface area contributed by atoms with Crippen LogP contribution < -0.4 is 11.0 Å². The van der Waals surface area contributed by atoms with Gasteiger partial charge in [0.05, 0.1) is 0 Å². The van der Waals surface area contributed by atoms with E-state index < -0.39 is 0 Å². The summed E-state index contributed by atoms with van der Waals surface area (Å²) in [5.74, 6) is -0.0659. The normalized spacial score (nSPS) is 18.5. The molecule has 1 atom stereocenters. The van der Waals surface area contributed by atoms with Crippen LogP contribution in [0.5, 0.6) is 0 Å². The van der Waals surface area contributed by atoms with Crippen LogP contribution in [-0.2, 0) is 11.3 Å². The van der Waals surface area contributed by atoms with Gasteiger partial charge in [-0.1, -0.05) is 6.07 Å². The quantitative estimate of drug-likeness (QED) is 0.829. The predicted octanol–water partition coefficient (Wildman–Crippen LogP) is -0.262. The maximum Gasteiger partial charge on any atom is 0.350 e. The molecule has 114 valence electrons. The van der Waals surface area contributed by atoms with E-state index in [-0.39, 0.29) is 36.6 Å². The van der Waals surface area contributed by atoms with E-state index in [1.807, 2.05) is 13.0 Å². The Morgan fingerprint density at radius 1 is 1.48 bits per heavy atom. The molecule has 1 fully saturated rings. The predicted molar refractivity (Wildman–Crippen MR) is 80.7 cm³/mol. The van der Waals surface area contributed by atoms with Crippen molar-refractivity contribution >= 4 is 24.0 Å². The van der Waals surface area contributed by atoms with Crippen molar-refractivity contribution in [1.82, 2.24) is 24.4 Å². The highest BCUT2D eigenvalue weighted by molar-refractivity contribution is 5.85. The van der Waals surface area contributed by atoms with Gasteiger partial charge in [0, 0.05) is 31.9 Å². The molecule has 0 aliphatic carbocycles. The van der Waals surface area contributed by atoms with Gasteiger partial charge < -0.3 is 10.2 Å². The summed E-state index contributed by atoms with van der Waals surface area (Å²) >= 11 is 0. The number of halogens is 1. The van der Waals surface area contributed by atoms with Gasteiger partial charge in [0.1, 0.15) is 6.54 Å². The van der Waals surface area contributed by atoms with Gasteiger partial charge >= 0.3 is 5.69 Å². The van der Waals surface area contributed by atoms with Gasteiger partial charge in [0.2, 0.25) is 5.91 Å². The number of nitrogens with one attached hydrogen (secondary N) is 1. The van der Waals surface area contributed by atoms with Crippen LogP contribution in [0.15, 0.2) is 29.2 Å². The summed E-state index contributed by atoms with van der Waals surface area (Å²) in [4.78, 5) is 26.1. The molecule has 1 amide bonds. The smallest absolute Gasteiger partial charge is 0.338 e. The van der Waals surface area contributed by atoms with Crippen molar-refractivity contribution in [2.24, 2.45) is 0 Å². The van der Waals surface area contributed by atoms with Crippen molar-refractivity contribution in [2.75, 3.05) is 19.6 Å². The molecular formula is C13H18ClN5O2. The fraction of sp³-hybridized carbons (Fsp3) is 0.462. The van der Waals surface area contributed by atoms with E-state index in [1.165, 1.54) is 9.08 Å². The Hall–Kier alpha value is -1.86. The number of nitrogens with zero attached hydrogens (tertiary/aromatic N) is 4. The molecule has 8 heteroatoms. The summed E-state index contributed by atoms with van der Waals surface area (Å²) in [7, 11) is 0. The SMILES string of the molecule is CC1CN(C(=O)Cn2nc3ccccn3c2=O)CCN1.Cl. The zero-order valence-electron chi connectivity index (χ0n) is 11.7. The highest BCUT2D eigenvalue weighted by Crippen LogP contribution is 2.01. The maximum atomic E-state index is 12.2. The standard InChI is InChI=1S/C13H17N5O2.ClH/c1-10-8-16(7-5-14-10)12(19)9-18-13(20)17-6-3-2-4-11(17)15-18;/h2-4,6,10,14H,5,7-9H2,1H3;1H. The van der Waals surface area contributed by atoms with E-state index in [4.69, 9.17) is 0 Å². The summed E-state index contributed by atoms with van der Waals surface area (Å²) in [6.45, 7) is 4.16. The summed E-state index contributed by atoms with van der Waals surface area (Å²) in [5, 5.41) is 7.45. The molecule has 1 aliphatic heterocycles. The van der Waals surface area contributed by atoms with Crippen LogP contribution in [0.1, 0.15) is 6.92 Å². The molecule has 7 nitrogen and oxygen atoms in total. The van der Waals surface area contributed by atoms with Crippen molar-refractivity contribution in [1.29, 1.82) is 0 Å². The van der Waals surface area contributed by atoms with Crippen LogP contribution in [0.2, 0.25) is 0 Å². The van der Waals surface area contributed by atoms with Crippen LogP contribution in [0.3, 0.4) is 0 Å². The lowest BCUT2D eigenvalue weighted by molar-refractivity contribution is -0.133. The monoisotopic (exact) mass is 311 g/mol. The number of hydrogen-bond acceptors (Lipinski definition) is 4. The molecule has 0 bridgehead atoms. The number of aromatic nitrogens is 3. The summed E-state index contributed by atoms with van der Waals surface area (Å²) in [6, 6.07) is 5.60. The van der Waals surface area contributed by atoms with Crippen LogP contribution in [0.25, 0.3) is 5.65 Å². The van der Waals surface area contributed by atoms with E-state index in [1.54, 1.807) is 23.2 Å². The molecule has 2 aromatic heterocycles. The lowest BCUT2D eigenvalue weighted by atomic mass is 10.2. The number of piperazine rings is 1. The van der Waals surface area contributed by atoms with Crippen molar-refractivity contribution in [2.45, 2.75) is 19.5 Å². The molecule has 0 radical (unpaired) electrons. The van der Waals surface area contributed by atoms with E-state index in [0.29, 0.717) is 18.7 Å². The fourth-order valence-electron chi connectivity index (χ4n) is 2.46. The first-order chi connectivity index (χ1) is 9.65. The van der Waals surface area contributed by atoms with Crippen LogP contribution in [0.4, 0.5) is 0 Å². The van der Waals surface area contributed by atoms with Gasteiger partial charge in [-0.3, -0.25) is 9.20 Å². The molecule has 1 N–H and O–H groups in total. The molecule has 0 saturated carbocycles. The van der Waals surface area contributed by atoms with Crippen LogP contribution in [-0.4, -0.2) is 50.7 Å². The number of rotatable bonds is 2. The van der Waals surface area contributed by atoms with E-state index in [2.05, 4.69) is 10.4 Å². The zero-order valence-corrected chi connectivity index (χ0v) is 12.5. The Morgan fingerprint density at radius 3 is 3.00 bits per heavy atom. The number of amides is 1. The Balaban J connectivity index is 0.00000161. The van der Waals surface area contributed by atoms with Gasteiger partial charge in [0.25, 0.3) is 0 Å². The topological polar surface area (TPSA) is 71.6 Å². The first-order valence-electron chi connectivity index (χ1n) is 6.70. The first kappa shape index (κ1) is 15.5. The second-order valence-corrected chi connectivity index (χ2v) is 5.06. The zero-order chi connectivity index (χ0) is 14.1. The third-order valence-corrected chi connectivity index (χ3v) is 3.49. The third-order valence-electron chi connectivity index (χ3n) is 3.49. The summed E-state index contributed by atoms with van der Waals surface area (Å²) in [5.41, 5.74) is 0.274. The molecule has 0 spiro atoms. The van der Waals surface area contributed by atoms with Gasteiger partial charge in [0.15, 0.2) is 5.65 Å². The highest BCUT2D eigenvalue weighted by Gasteiger charge is 2.21. The van der Waals surface area contributed by atoms with Crippen molar-refractivity contribution < 1.29 is 4.79 Å². The molecule has 21 heavy (non-hydrogen) atoms. The molecule has 3 rings (SSSR count). The van der Waals surface area contributed by atoms with Gasteiger partial charge in [-0.05, 0) is 19.1 Å². The van der Waals surface area contributed by atoms with Crippen LogP contribution in [0, 0.1) is 0 Å². The third kappa shape index (κ3) is 3.08. The number of carbonyl (C=O) groups excluding carboxylic acids is 1. The van der Waals surface area contributed by atoms with Crippen molar-refractivity contribution in [3.63, 3.8) is 0 Å². The molecule has 1 saturated heterocycles. The highest BCUT2D eigenvalue weighted by atomic mass is 35.5. The second kappa shape index (κ2) is 6.28. The molecule has 2 aromatic rings. The van der Waals surface area contributed by atoms with E-state index in [9.17, 15) is 9.59 Å². The average Bonchev–Trinajstić information content (AvgIpc) is 2.76. The van der Waals surface area contributed by atoms with Gasteiger partial charge in [-0.15, -0.1) is 17.5 Å². The van der Waals surface area contributed by atoms with E-state index >= 15 is 0 Å². The number of fused-ring (bicyclic) bond motifs is 1. The van der Waals surface area contributed by atoms with Gasteiger partial charge in [-0.2, -0.15) is 0 Å². The fourth-order valence-corrected chi connectivity index (χ4v) is 2.46. The van der Waals surface area contributed by atoms with Crippen LogP contribution >= 0.6 is 12.4 Å². The summed E-state index contributed by atoms with van der Waals surface area (Å²) < 4.78 is 2.66. The molecule has 1 aliphatic rings. The van der Waals surface area contributed by atoms with Crippen molar-refractivity contribution in [3.05, 3.63) is 34.9 Å². The Morgan fingerprint density at radius 2 is 2.29 bits per heavy atom. The van der Waals surface area contributed by atoms with Crippen molar-refractivity contribution in [3.8, 4) is 0 Å². The van der Waals surface area contributed by atoms with E-state index in [0.717, 1.165) is 6.54 Å². The number of pyridine rings is 1. The Kier molecular flexibility index (Phi) is 4.64. The minimum atomic E-state index is -0.280. The second-order valence-electron chi connectivity index (χ2n) is 5.06. The van der Waals surface area contributed by atoms with Gasteiger partial charge in [-0.25, -0.2) is 9.48 Å². The Bertz CT molecular complexity index is 695. The number of hydrogen-bond donors (Lipinski definition) is 1.